The number of carbonyl (C=O) groups excluding carboxylic acids is 3. The molecule has 0 aliphatic carbocycles. The van der Waals surface area contributed by atoms with Crippen LogP contribution in [0.25, 0.3) is 0 Å². The van der Waals surface area contributed by atoms with Crippen LogP contribution in [-0.2, 0) is 19.1 Å². The predicted molar refractivity (Wildman–Crippen MR) is 64.7 cm³/mol. The lowest BCUT2D eigenvalue weighted by molar-refractivity contribution is -0.145. The molecule has 0 atom stereocenters. The third-order valence-electron chi connectivity index (χ3n) is 1.97. The maximum Gasteiger partial charge on any atom is 0.345 e. The Morgan fingerprint density at radius 2 is 1.95 bits per heavy atom. The molecule has 19 heavy (non-hydrogen) atoms. The molecule has 0 spiro atoms. The van der Waals surface area contributed by atoms with Crippen molar-refractivity contribution in [1.82, 2.24) is 0 Å². The van der Waals surface area contributed by atoms with Gasteiger partial charge >= 0.3 is 17.9 Å². The minimum atomic E-state index is -0.769. The summed E-state index contributed by atoms with van der Waals surface area (Å²) in [4.78, 5) is 33.2. The lowest BCUT2D eigenvalue weighted by Gasteiger charge is -2.07. The molecule has 102 valence electrons. The van der Waals surface area contributed by atoms with E-state index in [1.165, 1.54) is 12.1 Å². The molecule has 0 saturated carbocycles. The van der Waals surface area contributed by atoms with Crippen molar-refractivity contribution in [2.75, 3.05) is 13.2 Å². The summed E-state index contributed by atoms with van der Waals surface area (Å²) < 4.78 is 14.3. The van der Waals surface area contributed by atoms with Gasteiger partial charge in [0.15, 0.2) is 6.61 Å². The molecule has 6 nitrogen and oxygen atoms in total. The van der Waals surface area contributed by atoms with Crippen molar-refractivity contribution in [2.24, 2.45) is 0 Å². The summed E-state index contributed by atoms with van der Waals surface area (Å²) in [5, 5.41) is 0. The van der Waals surface area contributed by atoms with Gasteiger partial charge in [-0.05, 0) is 25.1 Å². The van der Waals surface area contributed by atoms with Gasteiger partial charge in [-0.1, -0.05) is 6.07 Å². The number of carbonyl (C=O) groups is 3. The van der Waals surface area contributed by atoms with Crippen LogP contribution in [0.1, 0.15) is 24.2 Å². The molecule has 0 heterocycles. The van der Waals surface area contributed by atoms with Gasteiger partial charge in [-0.15, -0.1) is 0 Å². The van der Waals surface area contributed by atoms with Gasteiger partial charge in [0, 0.05) is 6.92 Å². The van der Waals surface area contributed by atoms with Crippen LogP contribution in [0.5, 0.6) is 5.75 Å². The monoisotopic (exact) mass is 266 g/mol. The maximum absolute atomic E-state index is 11.5. The van der Waals surface area contributed by atoms with Gasteiger partial charge in [-0.3, -0.25) is 4.79 Å². The highest BCUT2D eigenvalue weighted by atomic mass is 16.6. The lowest BCUT2D eigenvalue weighted by Crippen LogP contribution is -2.15. The average molecular weight is 266 g/mol. The number of esters is 3. The molecule has 1 aromatic rings. The summed E-state index contributed by atoms with van der Waals surface area (Å²) in [5.74, 6) is -1.65. The molecule has 0 amide bonds. The standard InChI is InChI=1S/C13H14O6/c1-3-17-12(15)8-18-11-6-4-5-10(7-11)13(16)19-9(2)14/h4-7H,3,8H2,1-2H3. The van der Waals surface area contributed by atoms with Crippen molar-refractivity contribution in [3.63, 3.8) is 0 Å². The SMILES string of the molecule is CCOC(=O)COc1cccc(C(=O)OC(C)=O)c1. The number of benzene rings is 1. The summed E-state index contributed by atoms with van der Waals surface area (Å²) >= 11 is 0. The summed E-state index contributed by atoms with van der Waals surface area (Å²) in [6.45, 7) is 2.85. The molecule has 0 aliphatic rings. The van der Waals surface area contributed by atoms with Crippen LogP contribution in [0.3, 0.4) is 0 Å². The Kier molecular flexibility index (Phi) is 5.53. The fraction of sp³-hybridized carbons (Fsp3) is 0.308. The topological polar surface area (TPSA) is 78.9 Å². The molecule has 0 N–H and O–H groups in total. The van der Waals surface area contributed by atoms with E-state index in [1.54, 1.807) is 19.1 Å². The first-order chi connectivity index (χ1) is 9.02. The van der Waals surface area contributed by atoms with E-state index in [4.69, 9.17) is 9.47 Å². The van der Waals surface area contributed by atoms with Crippen LogP contribution in [0.4, 0.5) is 0 Å². The Bertz CT molecular complexity index is 480. The Morgan fingerprint density at radius 1 is 1.21 bits per heavy atom. The summed E-state index contributed by atoms with van der Waals surface area (Å²) in [7, 11) is 0. The molecule has 0 saturated heterocycles. The largest absolute Gasteiger partial charge is 0.482 e. The highest BCUT2D eigenvalue weighted by Crippen LogP contribution is 2.14. The van der Waals surface area contributed by atoms with Gasteiger partial charge in [-0.25, -0.2) is 9.59 Å². The van der Waals surface area contributed by atoms with Crippen LogP contribution in [0.2, 0.25) is 0 Å². The first-order valence-electron chi connectivity index (χ1n) is 5.64. The highest BCUT2D eigenvalue weighted by molar-refractivity contribution is 5.96. The lowest BCUT2D eigenvalue weighted by atomic mass is 10.2. The molecule has 0 aliphatic heterocycles. The Balaban J connectivity index is 2.64. The zero-order chi connectivity index (χ0) is 14.3. The molecule has 0 unspecified atom stereocenters. The van der Waals surface area contributed by atoms with Crippen LogP contribution < -0.4 is 4.74 Å². The molecule has 0 aromatic heterocycles. The van der Waals surface area contributed by atoms with E-state index >= 15 is 0 Å². The van der Waals surface area contributed by atoms with E-state index in [0.29, 0.717) is 5.75 Å². The van der Waals surface area contributed by atoms with Gasteiger partial charge in [-0.2, -0.15) is 0 Å². The van der Waals surface area contributed by atoms with E-state index in [9.17, 15) is 14.4 Å². The second-order valence-electron chi connectivity index (χ2n) is 3.50. The molecule has 0 fully saturated rings. The van der Waals surface area contributed by atoms with Crippen LogP contribution in [0.15, 0.2) is 24.3 Å². The van der Waals surface area contributed by atoms with E-state index in [2.05, 4.69) is 4.74 Å². The first kappa shape index (κ1) is 14.7. The Morgan fingerprint density at radius 3 is 2.58 bits per heavy atom. The van der Waals surface area contributed by atoms with E-state index < -0.39 is 17.9 Å². The van der Waals surface area contributed by atoms with E-state index in [1.807, 2.05) is 0 Å². The quantitative estimate of drug-likeness (QED) is 0.591. The maximum atomic E-state index is 11.5. The smallest absolute Gasteiger partial charge is 0.345 e. The van der Waals surface area contributed by atoms with Gasteiger partial charge in [0.05, 0.1) is 12.2 Å². The van der Waals surface area contributed by atoms with Crippen molar-refractivity contribution < 1.29 is 28.6 Å². The third-order valence-corrected chi connectivity index (χ3v) is 1.97. The van der Waals surface area contributed by atoms with E-state index in [-0.39, 0.29) is 18.8 Å². The number of ether oxygens (including phenoxy) is 3. The van der Waals surface area contributed by atoms with Crippen molar-refractivity contribution in [1.29, 1.82) is 0 Å². The van der Waals surface area contributed by atoms with Crippen LogP contribution >= 0.6 is 0 Å². The molecule has 1 rings (SSSR count). The summed E-state index contributed by atoms with van der Waals surface area (Å²) in [6, 6.07) is 5.98. The fourth-order valence-corrected chi connectivity index (χ4v) is 1.25. The fourth-order valence-electron chi connectivity index (χ4n) is 1.25. The van der Waals surface area contributed by atoms with Gasteiger partial charge < -0.3 is 14.2 Å². The minimum Gasteiger partial charge on any atom is -0.482 e. The normalized spacial score (nSPS) is 9.58. The molecular formula is C13H14O6. The Hall–Kier alpha value is -2.37. The second kappa shape index (κ2) is 7.15. The minimum absolute atomic E-state index is 0.163. The van der Waals surface area contributed by atoms with Crippen LogP contribution in [-0.4, -0.2) is 31.1 Å². The van der Waals surface area contributed by atoms with Crippen molar-refractivity contribution >= 4 is 17.9 Å². The van der Waals surface area contributed by atoms with Crippen molar-refractivity contribution in [3.8, 4) is 5.75 Å². The Labute approximate surface area is 110 Å². The highest BCUT2D eigenvalue weighted by Gasteiger charge is 2.11. The molecular weight excluding hydrogens is 252 g/mol. The first-order valence-corrected chi connectivity index (χ1v) is 5.64. The molecule has 6 heteroatoms. The molecule has 1 aromatic carbocycles. The summed E-state index contributed by atoms with van der Waals surface area (Å²) in [6.07, 6.45) is 0. The van der Waals surface area contributed by atoms with E-state index in [0.717, 1.165) is 6.92 Å². The number of rotatable bonds is 5. The number of hydrogen-bond donors (Lipinski definition) is 0. The third kappa shape index (κ3) is 5.20. The van der Waals surface area contributed by atoms with Crippen molar-refractivity contribution in [2.45, 2.75) is 13.8 Å². The van der Waals surface area contributed by atoms with Crippen molar-refractivity contribution in [3.05, 3.63) is 29.8 Å². The van der Waals surface area contributed by atoms with Crippen LogP contribution in [0, 0.1) is 0 Å². The number of hydrogen-bond acceptors (Lipinski definition) is 6. The molecule has 0 radical (unpaired) electrons. The van der Waals surface area contributed by atoms with Gasteiger partial charge in [0.25, 0.3) is 0 Å². The molecule has 0 bridgehead atoms. The second-order valence-corrected chi connectivity index (χ2v) is 3.50. The summed E-state index contributed by atoms with van der Waals surface area (Å²) in [5.41, 5.74) is 0.163. The predicted octanol–water partition coefficient (Wildman–Crippen LogP) is 1.33. The zero-order valence-electron chi connectivity index (χ0n) is 10.7. The zero-order valence-corrected chi connectivity index (χ0v) is 10.7. The van der Waals surface area contributed by atoms with Gasteiger partial charge in [0.1, 0.15) is 5.75 Å². The van der Waals surface area contributed by atoms with Gasteiger partial charge in [0.2, 0.25) is 0 Å². The average Bonchev–Trinajstić information content (AvgIpc) is 2.36.